The van der Waals surface area contributed by atoms with Gasteiger partial charge in [-0.3, -0.25) is 0 Å². The zero-order valence-electron chi connectivity index (χ0n) is 10.0. The van der Waals surface area contributed by atoms with Crippen molar-refractivity contribution in [1.29, 1.82) is 0 Å². The van der Waals surface area contributed by atoms with Crippen LogP contribution in [0.15, 0.2) is 35.8 Å². The van der Waals surface area contributed by atoms with Crippen LogP contribution in [-0.4, -0.2) is 31.2 Å². The Hall–Kier alpha value is -1.59. The number of hydrogen-bond donors (Lipinski definition) is 1. The van der Waals surface area contributed by atoms with Gasteiger partial charge in [0.1, 0.15) is 5.75 Å². The second-order valence-electron chi connectivity index (χ2n) is 4.13. The fraction of sp³-hybridized carbons (Fsp3) is 0.308. The molecule has 2 heterocycles. The summed E-state index contributed by atoms with van der Waals surface area (Å²) in [6.45, 7) is 4.23. The summed E-state index contributed by atoms with van der Waals surface area (Å²) in [6, 6.07) is 8.21. The standard InChI is InChI=1S/C13H15N3OS/c1-3-12(17-13-15-7-10-18-13)4-2-11(1)16-8-5-14-6-9-16/h1-4,7,10,14H,5-6,8-9H2. The first-order valence-corrected chi connectivity index (χ1v) is 6.93. The van der Waals surface area contributed by atoms with Crippen LogP contribution in [-0.2, 0) is 0 Å². The molecule has 4 nitrogen and oxygen atoms in total. The zero-order chi connectivity index (χ0) is 12.2. The smallest absolute Gasteiger partial charge is 0.278 e. The fourth-order valence-corrected chi connectivity index (χ4v) is 2.51. The minimum Gasteiger partial charge on any atom is -0.431 e. The summed E-state index contributed by atoms with van der Waals surface area (Å²) in [6.07, 6.45) is 1.75. The molecule has 3 rings (SSSR count). The molecule has 94 valence electrons. The molecule has 1 fully saturated rings. The van der Waals surface area contributed by atoms with Gasteiger partial charge in [0.15, 0.2) is 0 Å². The lowest BCUT2D eigenvalue weighted by atomic mass is 10.2. The molecule has 0 bridgehead atoms. The Morgan fingerprint density at radius 3 is 2.61 bits per heavy atom. The lowest BCUT2D eigenvalue weighted by molar-refractivity contribution is 0.478. The zero-order valence-corrected chi connectivity index (χ0v) is 10.8. The van der Waals surface area contributed by atoms with E-state index in [-0.39, 0.29) is 0 Å². The maximum Gasteiger partial charge on any atom is 0.278 e. The molecule has 18 heavy (non-hydrogen) atoms. The summed E-state index contributed by atoms with van der Waals surface area (Å²) in [7, 11) is 0. The van der Waals surface area contributed by atoms with Gasteiger partial charge in [-0.2, -0.15) is 0 Å². The molecule has 0 amide bonds. The first-order chi connectivity index (χ1) is 8.92. The van der Waals surface area contributed by atoms with Crippen LogP contribution in [0, 0.1) is 0 Å². The van der Waals surface area contributed by atoms with Gasteiger partial charge in [0.2, 0.25) is 0 Å². The van der Waals surface area contributed by atoms with Gasteiger partial charge in [-0.1, -0.05) is 11.3 Å². The van der Waals surface area contributed by atoms with Crippen LogP contribution in [0.4, 0.5) is 5.69 Å². The topological polar surface area (TPSA) is 37.4 Å². The van der Waals surface area contributed by atoms with Crippen LogP contribution < -0.4 is 15.0 Å². The van der Waals surface area contributed by atoms with Gasteiger partial charge < -0.3 is 15.0 Å². The molecule has 0 unspecified atom stereocenters. The van der Waals surface area contributed by atoms with E-state index in [0.717, 1.165) is 31.9 Å². The van der Waals surface area contributed by atoms with Crippen molar-refractivity contribution in [2.24, 2.45) is 0 Å². The minimum absolute atomic E-state index is 0.685. The van der Waals surface area contributed by atoms with Crippen molar-refractivity contribution in [2.45, 2.75) is 0 Å². The first-order valence-electron chi connectivity index (χ1n) is 6.05. The summed E-state index contributed by atoms with van der Waals surface area (Å²) >= 11 is 1.50. The SMILES string of the molecule is c1csc(Oc2ccc(N3CCNCC3)cc2)n1. The number of nitrogens with zero attached hydrogens (tertiary/aromatic N) is 2. The lowest BCUT2D eigenvalue weighted by Gasteiger charge is -2.29. The van der Waals surface area contributed by atoms with E-state index in [1.807, 2.05) is 17.5 Å². The van der Waals surface area contributed by atoms with E-state index in [2.05, 4.69) is 27.3 Å². The molecule has 1 aromatic heterocycles. The van der Waals surface area contributed by atoms with E-state index in [9.17, 15) is 0 Å². The third-order valence-corrected chi connectivity index (χ3v) is 3.58. The minimum atomic E-state index is 0.685. The molecule has 5 heteroatoms. The molecule has 0 atom stereocenters. The number of ether oxygens (including phenoxy) is 1. The van der Waals surface area contributed by atoms with Crippen LogP contribution >= 0.6 is 11.3 Å². The molecular weight excluding hydrogens is 246 g/mol. The molecule has 1 aromatic carbocycles. The third kappa shape index (κ3) is 2.63. The molecule has 1 aliphatic rings. The van der Waals surface area contributed by atoms with Gasteiger partial charge in [-0.15, -0.1) is 0 Å². The van der Waals surface area contributed by atoms with Gasteiger partial charge >= 0.3 is 0 Å². The first kappa shape index (κ1) is 11.5. The molecule has 2 aromatic rings. The van der Waals surface area contributed by atoms with Crippen molar-refractivity contribution >= 4 is 17.0 Å². The predicted octanol–water partition coefficient (Wildman–Crippen LogP) is 2.34. The highest BCUT2D eigenvalue weighted by atomic mass is 32.1. The number of hydrogen-bond acceptors (Lipinski definition) is 5. The monoisotopic (exact) mass is 261 g/mol. The van der Waals surface area contributed by atoms with Crippen molar-refractivity contribution in [1.82, 2.24) is 10.3 Å². The summed E-state index contributed by atoms with van der Waals surface area (Å²) in [5.41, 5.74) is 1.25. The van der Waals surface area contributed by atoms with E-state index >= 15 is 0 Å². The number of piperazine rings is 1. The predicted molar refractivity (Wildman–Crippen MR) is 73.7 cm³/mol. The van der Waals surface area contributed by atoms with Gasteiger partial charge in [0, 0.05) is 43.4 Å². The average molecular weight is 261 g/mol. The van der Waals surface area contributed by atoms with E-state index in [1.165, 1.54) is 17.0 Å². The highest BCUT2D eigenvalue weighted by Gasteiger charge is 2.10. The van der Waals surface area contributed by atoms with Gasteiger partial charge in [0.25, 0.3) is 5.19 Å². The normalized spacial score (nSPS) is 15.7. The Morgan fingerprint density at radius 1 is 1.17 bits per heavy atom. The van der Waals surface area contributed by atoms with E-state index in [0.29, 0.717) is 5.19 Å². The second kappa shape index (κ2) is 5.37. The van der Waals surface area contributed by atoms with E-state index in [4.69, 9.17) is 4.74 Å². The van der Waals surface area contributed by atoms with Crippen LogP contribution in [0.2, 0.25) is 0 Å². The van der Waals surface area contributed by atoms with Crippen molar-refractivity contribution in [3.8, 4) is 10.9 Å². The van der Waals surface area contributed by atoms with Crippen molar-refractivity contribution in [3.63, 3.8) is 0 Å². The second-order valence-corrected chi connectivity index (χ2v) is 4.99. The summed E-state index contributed by atoms with van der Waals surface area (Å²) < 4.78 is 5.64. The average Bonchev–Trinajstić information content (AvgIpc) is 2.94. The highest BCUT2D eigenvalue weighted by molar-refractivity contribution is 7.11. The number of anilines is 1. The highest BCUT2D eigenvalue weighted by Crippen LogP contribution is 2.25. The Balaban J connectivity index is 1.68. The number of benzene rings is 1. The molecular formula is C13H15N3OS. The molecule has 1 N–H and O–H groups in total. The van der Waals surface area contributed by atoms with Crippen molar-refractivity contribution < 1.29 is 4.74 Å². The molecule has 0 radical (unpaired) electrons. The fourth-order valence-electron chi connectivity index (χ4n) is 2.01. The van der Waals surface area contributed by atoms with Gasteiger partial charge in [-0.25, -0.2) is 4.98 Å². The Bertz CT molecular complexity index is 477. The number of nitrogens with one attached hydrogen (secondary N) is 1. The largest absolute Gasteiger partial charge is 0.431 e. The molecule has 1 aliphatic heterocycles. The van der Waals surface area contributed by atoms with Crippen LogP contribution in [0.1, 0.15) is 0 Å². The molecule has 1 saturated heterocycles. The van der Waals surface area contributed by atoms with Crippen molar-refractivity contribution in [3.05, 3.63) is 35.8 Å². The van der Waals surface area contributed by atoms with E-state index < -0.39 is 0 Å². The van der Waals surface area contributed by atoms with Gasteiger partial charge in [0.05, 0.1) is 0 Å². The van der Waals surface area contributed by atoms with Crippen LogP contribution in [0.3, 0.4) is 0 Å². The quantitative estimate of drug-likeness (QED) is 0.920. The number of aromatic nitrogens is 1. The maximum absolute atomic E-state index is 5.64. The summed E-state index contributed by atoms with van der Waals surface area (Å²) in [5, 5.41) is 5.94. The van der Waals surface area contributed by atoms with Crippen molar-refractivity contribution in [2.75, 3.05) is 31.1 Å². The Morgan fingerprint density at radius 2 is 1.94 bits per heavy atom. The Labute approximate surface area is 110 Å². The molecule has 0 aliphatic carbocycles. The van der Waals surface area contributed by atoms with E-state index in [1.54, 1.807) is 6.20 Å². The van der Waals surface area contributed by atoms with Crippen LogP contribution in [0.25, 0.3) is 0 Å². The Kier molecular flexibility index (Phi) is 3.43. The number of thiazole rings is 1. The molecule has 0 spiro atoms. The summed E-state index contributed by atoms with van der Waals surface area (Å²) in [5.74, 6) is 0.837. The van der Waals surface area contributed by atoms with Crippen LogP contribution in [0.5, 0.6) is 10.9 Å². The lowest BCUT2D eigenvalue weighted by Crippen LogP contribution is -2.43. The number of rotatable bonds is 3. The third-order valence-electron chi connectivity index (χ3n) is 2.93. The summed E-state index contributed by atoms with van der Waals surface area (Å²) in [4.78, 5) is 6.48. The van der Waals surface area contributed by atoms with Gasteiger partial charge in [-0.05, 0) is 24.3 Å². The maximum atomic E-state index is 5.64. The molecule has 0 saturated carbocycles.